The average Bonchev–Trinajstić information content (AvgIpc) is 3.40. The highest BCUT2D eigenvalue weighted by Gasteiger charge is 2.60. The second-order valence-electron chi connectivity index (χ2n) is 12.7. The van der Waals surface area contributed by atoms with Gasteiger partial charge in [0, 0.05) is 36.3 Å². The van der Waals surface area contributed by atoms with Gasteiger partial charge < -0.3 is 31.0 Å². The molecule has 41 heavy (non-hydrogen) atoms. The number of aldehydes is 1. The first kappa shape index (κ1) is 31.7. The molecule has 5 N–H and O–H groups in total. The van der Waals surface area contributed by atoms with Gasteiger partial charge in [-0.25, -0.2) is 4.39 Å². The van der Waals surface area contributed by atoms with Gasteiger partial charge in [-0.2, -0.15) is 0 Å². The minimum atomic E-state index is -1.36. The van der Waals surface area contributed by atoms with Crippen molar-refractivity contribution in [3.8, 4) is 0 Å². The summed E-state index contributed by atoms with van der Waals surface area (Å²) in [4.78, 5) is 27.4. The fraction of sp³-hybridized carbons (Fsp3) is 0.548. The Labute approximate surface area is 251 Å². The molecule has 0 aromatic heterocycles. The zero-order chi connectivity index (χ0) is 30.1. The van der Waals surface area contributed by atoms with Gasteiger partial charge in [-0.15, -0.1) is 0 Å². The minimum Gasteiger partial charge on any atom is -0.390 e. The molecule has 0 spiro atoms. The Morgan fingerprint density at radius 3 is 2.44 bits per heavy atom. The normalized spacial score (nSPS) is 28.6. The van der Waals surface area contributed by atoms with E-state index in [4.69, 9.17) is 23.2 Å². The first-order valence-corrected chi connectivity index (χ1v) is 14.8. The van der Waals surface area contributed by atoms with Crippen LogP contribution in [0.1, 0.15) is 63.5 Å². The van der Waals surface area contributed by atoms with Crippen LogP contribution in [0.25, 0.3) is 0 Å². The molecule has 2 fully saturated rings. The third kappa shape index (κ3) is 6.57. The van der Waals surface area contributed by atoms with E-state index in [1.165, 1.54) is 12.1 Å². The highest BCUT2D eigenvalue weighted by Crippen LogP contribution is 2.52. The number of halogens is 3. The predicted molar refractivity (Wildman–Crippen MR) is 160 cm³/mol. The number of amides is 1. The van der Waals surface area contributed by atoms with Crippen LogP contribution in [-0.2, 0) is 15.0 Å². The predicted octanol–water partition coefficient (Wildman–Crippen LogP) is 4.81. The molecule has 0 bridgehead atoms. The van der Waals surface area contributed by atoms with Gasteiger partial charge in [0.15, 0.2) is 0 Å². The number of hydrogen-bond acceptors (Lipinski definition) is 6. The van der Waals surface area contributed by atoms with E-state index in [1.54, 1.807) is 25.2 Å². The van der Waals surface area contributed by atoms with Crippen molar-refractivity contribution in [2.45, 2.75) is 82.1 Å². The van der Waals surface area contributed by atoms with Crippen LogP contribution in [0.4, 0.5) is 10.1 Å². The SMILES string of the molecule is CNc1cc(Cl)c(F)cc1[C@]1(C=O)[C@@H](CC(C)(C)C)NC(C(=O)NCCC2C[C@H](O)[C@@H](O)C2)[C@@H]1c1cccc(Cl)c1. The van der Waals surface area contributed by atoms with Crippen molar-refractivity contribution < 1.29 is 24.2 Å². The number of aliphatic hydroxyl groups is 2. The van der Waals surface area contributed by atoms with E-state index in [1.807, 2.05) is 6.07 Å². The van der Waals surface area contributed by atoms with Gasteiger partial charge in [0.1, 0.15) is 12.1 Å². The Bertz CT molecular complexity index is 1260. The molecule has 2 aliphatic rings. The molecule has 4 rings (SSSR count). The molecule has 1 saturated carbocycles. The number of aliphatic hydroxyl groups excluding tert-OH is 2. The lowest BCUT2D eigenvalue weighted by Crippen LogP contribution is -2.47. The van der Waals surface area contributed by atoms with E-state index in [2.05, 4.69) is 36.7 Å². The lowest BCUT2D eigenvalue weighted by Gasteiger charge is -2.39. The largest absolute Gasteiger partial charge is 0.390 e. The van der Waals surface area contributed by atoms with Gasteiger partial charge in [-0.3, -0.25) is 4.79 Å². The standard InChI is InChI=1S/C31H40Cl2FN3O4/c1-30(2,3)15-26-31(16-38,20-13-22(34)21(33)14-23(20)35-4)27(18-6-5-7-19(32)12-18)28(37-26)29(41)36-9-8-17-10-24(39)25(40)11-17/h5-7,12-14,16-17,24-28,35,37,39-40H,8-11,15H2,1-4H3,(H,36,41)/t24-,25-,26+,27-,28?,31+/m0/s1. The average molecular weight is 609 g/mol. The summed E-state index contributed by atoms with van der Waals surface area (Å²) in [5.74, 6) is -1.58. The highest BCUT2D eigenvalue weighted by molar-refractivity contribution is 6.31. The summed E-state index contributed by atoms with van der Waals surface area (Å²) in [6, 6.07) is 8.48. The number of anilines is 1. The summed E-state index contributed by atoms with van der Waals surface area (Å²) in [5.41, 5.74) is -0.0225. The molecule has 224 valence electrons. The van der Waals surface area contributed by atoms with Gasteiger partial charge in [0.2, 0.25) is 5.91 Å². The second kappa shape index (κ2) is 12.6. The van der Waals surface area contributed by atoms with Crippen LogP contribution in [0.2, 0.25) is 10.0 Å². The third-order valence-corrected chi connectivity index (χ3v) is 9.07. The Kier molecular flexibility index (Phi) is 9.71. The van der Waals surface area contributed by atoms with Crippen molar-refractivity contribution in [3.63, 3.8) is 0 Å². The summed E-state index contributed by atoms with van der Waals surface area (Å²) in [6.07, 6.45) is 1.45. The van der Waals surface area contributed by atoms with Crippen LogP contribution < -0.4 is 16.0 Å². The van der Waals surface area contributed by atoms with Gasteiger partial charge in [-0.1, -0.05) is 56.1 Å². The van der Waals surface area contributed by atoms with Crippen LogP contribution in [0.5, 0.6) is 0 Å². The molecule has 7 nitrogen and oxygen atoms in total. The first-order valence-electron chi connectivity index (χ1n) is 14.1. The molecule has 10 heteroatoms. The number of rotatable bonds is 9. The molecule has 1 amide bonds. The van der Waals surface area contributed by atoms with Crippen molar-refractivity contribution >= 4 is 41.1 Å². The highest BCUT2D eigenvalue weighted by atomic mass is 35.5. The quantitative estimate of drug-likeness (QED) is 0.262. The van der Waals surface area contributed by atoms with E-state index in [0.717, 1.165) is 6.29 Å². The van der Waals surface area contributed by atoms with Crippen LogP contribution >= 0.6 is 23.2 Å². The Balaban J connectivity index is 1.80. The van der Waals surface area contributed by atoms with Crippen molar-refractivity contribution in [1.82, 2.24) is 10.6 Å². The Hall–Kier alpha value is -2.23. The number of carbonyl (C=O) groups is 2. The zero-order valence-corrected chi connectivity index (χ0v) is 25.4. The molecule has 2 aromatic carbocycles. The fourth-order valence-corrected chi connectivity index (χ4v) is 7.07. The van der Waals surface area contributed by atoms with Crippen LogP contribution in [0, 0.1) is 17.2 Å². The van der Waals surface area contributed by atoms with E-state index in [0.29, 0.717) is 54.1 Å². The monoisotopic (exact) mass is 607 g/mol. The molecular formula is C31H40Cl2FN3O4. The third-order valence-electron chi connectivity index (χ3n) is 8.55. The van der Waals surface area contributed by atoms with Crippen molar-refractivity contribution in [2.24, 2.45) is 11.3 Å². The van der Waals surface area contributed by atoms with E-state index < -0.39 is 41.4 Å². The lowest BCUT2D eigenvalue weighted by atomic mass is 9.62. The van der Waals surface area contributed by atoms with Crippen molar-refractivity contribution in [1.29, 1.82) is 0 Å². The molecule has 1 aliphatic carbocycles. The van der Waals surface area contributed by atoms with Gasteiger partial charge in [-0.05, 0) is 72.4 Å². The van der Waals surface area contributed by atoms with Crippen LogP contribution in [0.3, 0.4) is 0 Å². The second-order valence-corrected chi connectivity index (χ2v) is 13.5. The Morgan fingerprint density at radius 1 is 1.17 bits per heavy atom. The molecule has 6 atom stereocenters. The van der Waals surface area contributed by atoms with Crippen molar-refractivity contribution in [2.75, 3.05) is 18.9 Å². The maximum atomic E-state index is 15.1. The van der Waals surface area contributed by atoms with E-state index in [-0.39, 0.29) is 22.3 Å². The number of nitrogens with one attached hydrogen (secondary N) is 3. The zero-order valence-electron chi connectivity index (χ0n) is 23.9. The minimum absolute atomic E-state index is 0.0757. The van der Waals surface area contributed by atoms with Crippen LogP contribution in [0.15, 0.2) is 36.4 Å². The van der Waals surface area contributed by atoms with E-state index >= 15 is 4.39 Å². The number of carbonyl (C=O) groups excluding carboxylic acids is 2. The molecule has 0 radical (unpaired) electrons. The molecule has 1 heterocycles. The summed E-state index contributed by atoms with van der Waals surface area (Å²) < 4.78 is 15.1. The fourth-order valence-electron chi connectivity index (χ4n) is 6.70. The molecule has 1 aliphatic heterocycles. The lowest BCUT2D eigenvalue weighted by molar-refractivity contribution is -0.123. The summed E-state index contributed by atoms with van der Waals surface area (Å²) in [6.45, 7) is 6.51. The summed E-state index contributed by atoms with van der Waals surface area (Å²) in [5, 5.41) is 29.7. The maximum Gasteiger partial charge on any atom is 0.237 e. The molecule has 1 unspecified atom stereocenters. The van der Waals surface area contributed by atoms with E-state index in [9.17, 15) is 19.8 Å². The van der Waals surface area contributed by atoms with Crippen molar-refractivity contribution in [3.05, 3.63) is 63.4 Å². The molecule has 1 saturated heterocycles. The van der Waals surface area contributed by atoms with Gasteiger partial charge in [0.25, 0.3) is 0 Å². The smallest absolute Gasteiger partial charge is 0.237 e. The summed E-state index contributed by atoms with van der Waals surface area (Å²) >= 11 is 12.6. The van der Waals surface area contributed by atoms with Crippen LogP contribution in [-0.4, -0.2) is 60.3 Å². The van der Waals surface area contributed by atoms with Gasteiger partial charge >= 0.3 is 0 Å². The maximum absolute atomic E-state index is 15.1. The summed E-state index contributed by atoms with van der Waals surface area (Å²) in [7, 11) is 1.68. The van der Waals surface area contributed by atoms with Gasteiger partial charge in [0.05, 0.1) is 28.7 Å². The Morgan fingerprint density at radius 2 is 1.85 bits per heavy atom. The molecular weight excluding hydrogens is 568 g/mol. The number of hydrogen-bond donors (Lipinski definition) is 5. The number of benzene rings is 2. The first-order chi connectivity index (χ1) is 19.3. The topological polar surface area (TPSA) is 111 Å². The molecule has 2 aromatic rings.